The van der Waals surface area contributed by atoms with Crippen LogP contribution >= 0.6 is 29.8 Å². The first-order valence-electron chi connectivity index (χ1n) is 2.84. The number of para-hydroxylation sites is 1. The van der Waals surface area contributed by atoms with E-state index in [0.29, 0.717) is 7.29 Å². The average Bonchev–Trinajstić information content (AvgIpc) is 2.07. The Labute approximate surface area is 81.2 Å². The van der Waals surface area contributed by atoms with Gasteiger partial charge in [-0.15, -0.1) is 0 Å². The van der Waals surface area contributed by atoms with Gasteiger partial charge in [0.25, 0.3) is 5.69 Å². The summed E-state index contributed by atoms with van der Waals surface area (Å²) in [5.74, 6) is 0. The molecular weight excluding hydrogens is 220 g/mol. The van der Waals surface area contributed by atoms with Crippen LogP contribution in [0.15, 0.2) is 30.3 Å². The van der Waals surface area contributed by atoms with Gasteiger partial charge in [0.1, 0.15) is 7.29 Å². The summed E-state index contributed by atoms with van der Waals surface area (Å²) < 4.78 is 0. The van der Waals surface area contributed by atoms with Crippen molar-refractivity contribution in [1.82, 2.24) is 0 Å². The van der Waals surface area contributed by atoms with Crippen molar-refractivity contribution in [3.63, 3.8) is 0 Å². The van der Waals surface area contributed by atoms with Gasteiger partial charge in [-0.1, -0.05) is 40.7 Å². The fourth-order valence-electron chi connectivity index (χ4n) is 0.550. The summed E-state index contributed by atoms with van der Waals surface area (Å²) in [6, 6.07) is 7.93. The molecule has 0 spiro atoms. The molecule has 1 aromatic rings. The molecule has 0 amide bonds. The number of halogens is 2. The number of nitro groups is 1. The van der Waals surface area contributed by atoms with Crippen LogP contribution < -0.4 is 0 Å². The largest absolute Gasteiger partial charge is 0.269 e. The average molecular weight is 225 g/mol. The van der Waals surface area contributed by atoms with Crippen molar-refractivity contribution >= 4 is 35.5 Å². The number of nitro benzene ring substituents is 1. The summed E-state index contributed by atoms with van der Waals surface area (Å²) in [5, 5.41) is 10.0. The Kier molecular flexibility index (Phi) is 7.06. The molecule has 0 unspecified atom stereocenters. The number of rotatable bonds is 1. The van der Waals surface area contributed by atoms with Crippen molar-refractivity contribution in [2.75, 3.05) is 0 Å². The van der Waals surface area contributed by atoms with E-state index in [1.807, 2.05) is 0 Å². The van der Waals surface area contributed by atoms with E-state index in [1.165, 1.54) is 12.1 Å². The number of nitrogens with zero attached hydrogens (tertiary/aromatic N) is 1. The molecule has 65 valence electrons. The van der Waals surface area contributed by atoms with Crippen LogP contribution in [0.4, 0.5) is 5.69 Å². The molecule has 1 radical (unpaired) electrons. The lowest BCUT2D eigenvalue weighted by molar-refractivity contribution is -0.384. The molecule has 0 N–H and O–H groups in total. The predicted molar refractivity (Wildman–Crippen MR) is 51.7 cm³/mol. The monoisotopic (exact) mass is 224 g/mol. The Hall–Kier alpha value is -0.370. The van der Waals surface area contributed by atoms with Gasteiger partial charge in [-0.2, -0.15) is 0 Å². The maximum absolute atomic E-state index is 10.0. The molecule has 12 heavy (non-hydrogen) atoms. The van der Waals surface area contributed by atoms with Crippen molar-refractivity contribution in [3.8, 4) is 0 Å². The molecule has 1 aromatic carbocycles. The van der Waals surface area contributed by atoms with E-state index < -0.39 is 4.92 Å². The van der Waals surface area contributed by atoms with Crippen LogP contribution in [0.1, 0.15) is 0 Å². The second-order valence-corrected chi connectivity index (χ2v) is 3.32. The van der Waals surface area contributed by atoms with Crippen LogP contribution in [-0.4, -0.2) is 4.92 Å². The van der Waals surface area contributed by atoms with Gasteiger partial charge in [0, 0.05) is 12.1 Å². The Morgan fingerprint density at radius 3 is 1.92 bits per heavy atom. The molecule has 0 fully saturated rings. The lowest BCUT2D eigenvalue weighted by atomic mass is 10.3. The molecule has 6 heteroatoms. The molecule has 0 heterocycles. The second-order valence-electron chi connectivity index (χ2n) is 1.66. The highest BCUT2D eigenvalue weighted by Gasteiger charge is 1.98. The molecule has 0 aromatic heterocycles. The molecule has 0 atom stereocenters. The molecular formula is C6H5Cl2NO2P. The first-order valence-corrected chi connectivity index (χ1v) is 5.54. The van der Waals surface area contributed by atoms with Crippen molar-refractivity contribution < 1.29 is 4.92 Å². The van der Waals surface area contributed by atoms with Crippen LogP contribution in [0.5, 0.6) is 0 Å². The molecule has 0 bridgehead atoms. The van der Waals surface area contributed by atoms with Crippen molar-refractivity contribution in [2.24, 2.45) is 0 Å². The number of hydrogen-bond acceptors (Lipinski definition) is 2. The molecule has 1 rings (SSSR count). The molecule has 3 nitrogen and oxygen atoms in total. The van der Waals surface area contributed by atoms with E-state index in [-0.39, 0.29) is 5.69 Å². The normalized spacial score (nSPS) is 8.17. The Balaban J connectivity index is 0.000000354. The summed E-state index contributed by atoms with van der Waals surface area (Å²) in [6.07, 6.45) is 0. The van der Waals surface area contributed by atoms with Gasteiger partial charge in [-0.25, -0.2) is 0 Å². The first kappa shape index (κ1) is 11.6. The van der Waals surface area contributed by atoms with Gasteiger partial charge in [0.15, 0.2) is 0 Å². The van der Waals surface area contributed by atoms with Crippen LogP contribution in [0.2, 0.25) is 0 Å². The van der Waals surface area contributed by atoms with Crippen molar-refractivity contribution in [2.45, 2.75) is 0 Å². The van der Waals surface area contributed by atoms with Crippen LogP contribution in [0.3, 0.4) is 0 Å². The van der Waals surface area contributed by atoms with Gasteiger partial charge < -0.3 is 0 Å². The minimum Gasteiger partial charge on any atom is -0.258 e. The topological polar surface area (TPSA) is 43.1 Å². The van der Waals surface area contributed by atoms with E-state index in [9.17, 15) is 10.1 Å². The number of hydrogen-bond donors (Lipinski definition) is 0. The van der Waals surface area contributed by atoms with Gasteiger partial charge in [-0.05, 0) is 0 Å². The quantitative estimate of drug-likeness (QED) is 0.414. The predicted octanol–water partition coefficient (Wildman–Crippen LogP) is 3.84. The summed E-state index contributed by atoms with van der Waals surface area (Å²) in [4.78, 5) is 9.59. The fourth-order valence-corrected chi connectivity index (χ4v) is 0.550. The maximum atomic E-state index is 10.0. The maximum Gasteiger partial charge on any atom is 0.269 e. The lowest BCUT2D eigenvalue weighted by Crippen LogP contribution is -1.84. The first-order chi connectivity index (χ1) is 5.72. The third-order valence-electron chi connectivity index (χ3n) is 0.967. The third kappa shape index (κ3) is 5.30. The zero-order valence-electron chi connectivity index (χ0n) is 5.85. The van der Waals surface area contributed by atoms with E-state index in [2.05, 4.69) is 0 Å². The highest BCUT2D eigenvalue weighted by molar-refractivity contribution is 7.90. The zero-order valence-corrected chi connectivity index (χ0v) is 8.26. The minimum atomic E-state index is -0.417. The Morgan fingerprint density at radius 2 is 1.67 bits per heavy atom. The highest BCUT2D eigenvalue weighted by atomic mass is 35.9. The van der Waals surface area contributed by atoms with Gasteiger partial charge in [0.2, 0.25) is 0 Å². The van der Waals surface area contributed by atoms with Crippen molar-refractivity contribution in [3.05, 3.63) is 40.4 Å². The van der Waals surface area contributed by atoms with E-state index >= 15 is 0 Å². The molecule has 0 aliphatic heterocycles. The van der Waals surface area contributed by atoms with Gasteiger partial charge in [0.05, 0.1) is 4.92 Å². The van der Waals surface area contributed by atoms with Crippen molar-refractivity contribution in [1.29, 1.82) is 0 Å². The molecule has 0 saturated carbocycles. The highest BCUT2D eigenvalue weighted by Crippen LogP contribution is 2.19. The SMILES string of the molecule is Cl[P]Cl.O=[N+]([O-])c1ccccc1. The fraction of sp³-hybridized carbons (Fsp3) is 0. The zero-order chi connectivity index (χ0) is 9.40. The summed E-state index contributed by atoms with van der Waals surface area (Å²) in [7, 11) is 0.361. The summed E-state index contributed by atoms with van der Waals surface area (Å²) in [6.45, 7) is 0. The lowest BCUT2D eigenvalue weighted by Gasteiger charge is -1.85. The standard InChI is InChI=1S/C6H5NO2.Cl2P/c8-7(9)6-4-2-1-3-5-6;1-3-2/h1-5H;. The summed E-state index contributed by atoms with van der Waals surface area (Å²) in [5.41, 5.74) is 0.137. The Morgan fingerprint density at radius 1 is 1.25 bits per heavy atom. The minimum absolute atomic E-state index is 0.137. The number of benzene rings is 1. The smallest absolute Gasteiger partial charge is 0.258 e. The molecule has 0 saturated heterocycles. The third-order valence-corrected chi connectivity index (χ3v) is 0.967. The van der Waals surface area contributed by atoms with Gasteiger partial charge >= 0.3 is 0 Å². The van der Waals surface area contributed by atoms with Crippen LogP contribution in [0.25, 0.3) is 0 Å². The van der Waals surface area contributed by atoms with Crippen LogP contribution in [-0.2, 0) is 0 Å². The van der Waals surface area contributed by atoms with E-state index in [1.54, 1.807) is 18.2 Å². The Bertz CT molecular complexity index is 232. The second kappa shape index (κ2) is 7.29. The summed E-state index contributed by atoms with van der Waals surface area (Å²) >= 11 is 9.47. The van der Waals surface area contributed by atoms with Crippen LogP contribution in [0, 0.1) is 10.1 Å². The van der Waals surface area contributed by atoms with Gasteiger partial charge in [-0.3, -0.25) is 10.1 Å². The van der Waals surface area contributed by atoms with E-state index in [0.717, 1.165) is 0 Å². The number of non-ortho nitro benzene ring substituents is 1. The van der Waals surface area contributed by atoms with E-state index in [4.69, 9.17) is 22.5 Å². The molecule has 0 aliphatic carbocycles. The molecule has 0 aliphatic rings.